The quantitative estimate of drug-likeness (QED) is 0.632. The number of hydrogen-bond donors (Lipinski definition) is 1. The zero-order valence-corrected chi connectivity index (χ0v) is 10.2. The maximum absolute atomic E-state index is 6.08. The SMILES string of the molecule is Nc1ccccc1-c1ccccc1Cl.[Pd]. The van der Waals surface area contributed by atoms with E-state index >= 15 is 0 Å². The Morgan fingerprint density at radius 2 is 1.33 bits per heavy atom. The molecule has 15 heavy (non-hydrogen) atoms. The van der Waals surface area contributed by atoms with Gasteiger partial charge in [-0.05, 0) is 12.1 Å². The van der Waals surface area contributed by atoms with E-state index in [9.17, 15) is 0 Å². The Balaban J connectivity index is 0.00000112. The molecule has 3 heteroatoms. The van der Waals surface area contributed by atoms with Gasteiger partial charge in [-0.1, -0.05) is 48.0 Å². The van der Waals surface area contributed by atoms with Gasteiger partial charge in [0.05, 0.1) is 0 Å². The molecule has 0 saturated heterocycles. The molecule has 0 atom stereocenters. The third kappa shape index (κ3) is 2.60. The van der Waals surface area contributed by atoms with Crippen LogP contribution in [0.2, 0.25) is 5.02 Å². The van der Waals surface area contributed by atoms with E-state index in [0.29, 0.717) is 0 Å². The molecule has 2 rings (SSSR count). The molecule has 0 radical (unpaired) electrons. The molecule has 0 fully saturated rings. The van der Waals surface area contributed by atoms with Gasteiger partial charge in [-0.25, -0.2) is 0 Å². The molecule has 2 aromatic rings. The van der Waals surface area contributed by atoms with Crippen LogP contribution < -0.4 is 5.73 Å². The van der Waals surface area contributed by atoms with Crippen molar-refractivity contribution in [1.82, 2.24) is 0 Å². The van der Waals surface area contributed by atoms with Crippen LogP contribution in [0.4, 0.5) is 5.69 Å². The molecule has 1 nitrogen and oxygen atoms in total. The van der Waals surface area contributed by atoms with E-state index in [4.69, 9.17) is 17.3 Å². The van der Waals surface area contributed by atoms with Gasteiger partial charge in [-0.15, -0.1) is 0 Å². The van der Waals surface area contributed by atoms with Gasteiger partial charge in [0.2, 0.25) is 0 Å². The van der Waals surface area contributed by atoms with E-state index in [1.165, 1.54) is 0 Å². The van der Waals surface area contributed by atoms with Gasteiger partial charge in [-0.3, -0.25) is 0 Å². The summed E-state index contributed by atoms with van der Waals surface area (Å²) in [6.07, 6.45) is 0. The maximum atomic E-state index is 6.08. The van der Waals surface area contributed by atoms with E-state index in [-0.39, 0.29) is 20.4 Å². The Bertz CT molecular complexity index is 413. The summed E-state index contributed by atoms with van der Waals surface area (Å²) in [7, 11) is 0. The molecule has 0 unspecified atom stereocenters. The van der Waals surface area contributed by atoms with Gasteiger partial charge in [-0.2, -0.15) is 0 Å². The third-order valence-corrected chi connectivity index (χ3v) is 2.45. The van der Waals surface area contributed by atoms with Crippen LogP contribution in [0, 0.1) is 0 Å². The van der Waals surface area contributed by atoms with Crippen LogP contribution in [0.3, 0.4) is 0 Å². The number of hydrogen-bond acceptors (Lipinski definition) is 1. The Hall–Kier alpha value is -0.808. The van der Waals surface area contributed by atoms with Crippen molar-refractivity contribution in [3.05, 3.63) is 53.6 Å². The predicted octanol–water partition coefficient (Wildman–Crippen LogP) is 3.59. The van der Waals surface area contributed by atoms with Crippen molar-refractivity contribution in [2.45, 2.75) is 0 Å². The Morgan fingerprint density at radius 1 is 0.800 bits per heavy atom. The monoisotopic (exact) mass is 309 g/mol. The summed E-state index contributed by atoms with van der Waals surface area (Å²) in [4.78, 5) is 0. The fourth-order valence-corrected chi connectivity index (χ4v) is 1.66. The zero-order valence-electron chi connectivity index (χ0n) is 7.89. The smallest absolute Gasteiger partial charge is 0.0485 e. The van der Waals surface area contributed by atoms with Crippen molar-refractivity contribution >= 4 is 17.3 Å². The molecule has 0 aliphatic carbocycles. The molecule has 2 aromatic carbocycles. The third-order valence-electron chi connectivity index (χ3n) is 2.12. The summed E-state index contributed by atoms with van der Waals surface area (Å²) in [6.45, 7) is 0. The largest absolute Gasteiger partial charge is 0.398 e. The average molecular weight is 310 g/mol. The first-order chi connectivity index (χ1) is 6.79. The van der Waals surface area contributed by atoms with Crippen molar-refractivity contribution in [1.29, 1.82) is 0 Å². The van der Waals surface area contributed by atoms with Crippen molar-refractivity contribution in [3.63, 3.8) is 0 Å². The fourth-order valence-electron chi connectivity index (χ4n) is 1.42. The molecule has 0 amide bonds. The second kappa shape index (κ2) is 5.32. The van der Waals surface area contributed by atoms with E-state index in [0.717, 1.165) is 21.8 Å². The number of para-hydroxylation sites is 1. The molecule has 0 aromatic heterocycles. The topological polar surface area (TPSA) is 26.0 Å². The zero-order chi connectivity index (χ0) is 9.97. The first-order valence-electron chi connectivity index (χ1n) is 4.38. The number of rotatable bonds is 1. The van der Waals surface area contributed by atoms with Crippen molar-refractivity contribution < 1.29 is 20.4 Å². The normalized spacial score (nSPS) is 9.40. The standard InChI is InChI=1S/C12H10ClN.Pd/c13-11-7-3-1-5-9(11)10-6-2-4-8-12(10)14;/h1-8H,14H2;. The van der Waals surface area contributed by atoms with Crippen molar-refractivity contribution in [3.8, 4) is 11.1 Å². The van der Waals surface area contributed by atoms with Gasteiger partial charge >= 0.3 is 0 Å². The molecule has 80 valence electrons. The van der Waals surface area contributed by atoms with E-state index in [1.54, 1.807) is 0 Å². The molecule has 0 bridgehead atoms. The maximum Gasteiger partial charge on any atom is 0.0485 e. The second-order valence-corrected chi connectivity index (χ2v) is 3.47. The van der Waals surface area contributed by atoms with Gasteiger partial charge in [0.1, 0.15) is 0 Å². The first kappa shape index (κ1) is 12.3. The van der Waals surface area contributed by atoms with Crippen LogP contribution >= 0.6 is 11.6 Å². The fraction of sp³-hybridized carbons (Fsp3) is 0. The number of nitrogen functional groups attached to an aromatic ring is 1. The number of halogens is 1. The summed E-state index contributed by atoms with van der Waals surface area (Å²) in [5.41, 5.74) is 8.58. The van der Waals surface area contributed by atoms with Crippen LogP contribution in [0.25, 0.3) is 11.1 Å². The Morgan fingerprint density at radius 3 is 1.93 bits per heavy atom. The molecule has 0 heterocycles. The minimum Gasteiger partial charge on any atom is -0.398 e. The predicted molar refractivity (Wildman–Crippen MR) is 61.3 cm³/mol. The molecule has 2 N–H and O–H groups in total. The average Bonchev–Trinajstić information content (AvgIpc) is 2.20. The number of anilines is 1. The number of nitrogens with two attached hydrogens (primary N) is 1. The molecule has 0 aliphatic heterocycles. The van der Waals surface area contributed by atoms with Crippen LogP contribution in [-0.4, -0.2) is 0 Å². The second-order valence-electron chi connectivity index (χ2n) is 3.07. The summed E-state index contributed by atoms with van der Waals surface area (Å²) >= 11 is 6.08. The van der Waals surface area contributed by atoms with Crippen LogP contribution in [0.5, 0.6) is 0 Å². The number of benzene rings is 2. The molecular weight excluding hydrogens is 300 g/mol. The summed E-state index contributed by atoms with van der Waals surface area (Å²) in [6, 6.07) is 15.4. The molecule has 0 saturated carbocycles. The summed E-state index contributed by atoms with van der Waals surface area (Å²) in [5, 5.41) is 0.727. The van der Waals surface area contributed by atoms with E-state index in [2.05, 4.69) is 0 Å². The van der Waals surface area contributed by atoms with Gasteiger partial charge in [0.15, 0.2) is 0 Å². The van der Waals surface area contributed by atoms with E-state index in [1.807, 2.05) is 48.5 Å². The summed E-state index contributed by atoms with van der Waals surface area (Å²) < 4.78 is 0. The van der Waals surface area contributed by atoms with Gasteiger partial charge < -0.3 is 5.73 Å². The molecular formula is C12H10ClNPd. The van der Waals surface area contributed by atoms with Crippen LogP contribution in [0.1, 0.15) is 0 Å². The summed E-state index contributed by atoms with van der Waals surface area (Å²) in [5.74, 6) is 0. The minimum absolute atomic E-state index is 0. The van der Waals surface area contributed by atoms with Gasteiger partial charge in [0.25, 0.3) is 0 Å². The van der Waals surface area contributed by atoms with Gasteiger partial charge in [0, 0.05) is 42.3 Å². The van der Waals surface area contributed by atoms with Crippen LogP contribution in [-0.2, 0) is 20.4 Å². The first-order valence-corrected chi connectivity index (χ1v) is 4.76. The Kier molecular flexibility index (Phi) is 4.35. The van der Waals surface area contributed by atoms with Crippen molar-refractivity contribution in [2.24, 2.45) is 0 Å². The van der Waals surface area contributed by atoms with Crippen molar-refractivity contribution in [2.75, 3.05) is 5.73 Å². The van der Waals surface area contributed by atoms with E-state index < -0.39 is 0 Å². The Labute approximate surface area is 108 Å². The van der Waals surface area contributed by atoms with Crippen LogP contribution in [0.15, 0.2) is 48.5 Å². The minimum atomic E-state index is 0. The molecule has 0 spiro atoms. The molecule has 0 aliphatic rings.